The Morgan fingerprint density at radius 3 is 2.03 bits per heavy atom. The number of carbonyl (C=O) groups excluding carboxylic acids is 1. The van der Waals surface area contributed by atoms with Gasteiger partial charge >= 0.3 is 0 Å². The Balaban J connectivity index is 1.22. The first-order chi connectivity index (χ1) is 16.5. The lowest BCUT2D eigenvalue weighted by atomic mass is 10.1. The first kappa shape index (κ1) is 22.3. The molecule has 1 aliphatic heterocycles. The Hall–Kier alpha value is -3.53. The van der Waals surface area contributed by atoms with Gasteiger partial charge in [0.05, 0.1) is 18.1 Å². The van der Waals surface area contributed by atoms with Gasteiger partial charge in [0.15, 0.2) is 6.61 Å². The van der Waals surface area contributed by atoms with Crippen LogP contribution in [-0.4, -0.2) is 57.3 Å². The Morgan fingerprint density at radius 2 is 1.44 bits per heavy atom. The van der Waals surface area contributed by atoms with Crippen LogP contribution >= 0.6 is 0 Å². The lowest BCUT2D eigenvalue weighted by Crippen LogP contribution is -2.40. The summed E-state index contributed by atoms with van der Waals surface area (Å²) in [6.07, 6.45) is 0. The van der Waals surface area contributed by atoms with Crippen LogP contribution in [0.5, 0.6) is 0 Å². The number of fused-ring (bicyclic) bond motifs is 3. The molecule has 0 aromatic heterocycles. The summed E-state index contributed by atoms with van der Waals surface area (Å²) in [6.45, 7) is 1.15. The number of amides is 1. The molecule has 1 saturated heterocycles. The average Bonchev–Trinajstić information content (AvgIpc) is 3.19. The third-order valence-electron chi connectivity index (χ3n) is 5.75. The number of morpholine rings is 1. The number of anilines is 1. The number of nitrogens with one attached hydrogen (secondary N) is 1. The van der Waals surface area contributed by atoms with E-state index in [4.69, 9.17) is 9.57 Å². The van der Waals surface area contributed by atoms with E-state index in [1.54, 1.807) is 12.1 Å². The summed E-state index contributed by atoms with van der Waals surface area (Å²) < 4.78 is 32.0. The molecule has 0 atom stereocenters. The van der Waals surface area contributed by atoms with Crippen LogP contribution in [0.4, 0.5) is 5.69 Å². The summed E-state index contributed by atoms with van der Waals surface area (Å²) >= 11 is 0. The fourth-order valence-corrected chi connectivity index (χ4v) is 5.50. The van der Waals surface area contributed by atoms with Gasteiger partial charge in [-0.2, -0.15) is 4.31 Å². The third-order valence-corrected chi connectivity index (χ3v) is 7.66. The Bertz CT molecular complexity index is 1300. The molecule has 1 amide bonds. The number of hydrogen-bond acceptors (Lipinski definition) is 6. The summed E-state index contributed by atoms with van der Waals surface area (Å²) in [5, 5.41) is 6.95. The number of carbonyl (C=O) groups is 1. The monoisotopic (exact) mass is 477 g/mol. The van der Waals surface area contributed by atoms with E-state index in [1.165, 1.54) is 16.4 Å². The van der Waals surface area contributed by atoms with Gasteiger partial charge < -0.3 is 14.9 Å². The summed E-state index contributed by atoms with van der Waals surface area (Å²) in [5.41, 5.74) is 5.24. The van der Waals surface area contributed by atoms with Crippen molar-refractivity contribution in [3.8, 4) is 11.1 Å². The minimum absolute atomic E-state index is 0.175. The maximum atomic E-state index is 12.7. The highest BCUT2D eigenvalue weighted by Crippen LogP contribution is 2.36. The molecule has 0 saturated carbocycles. The van der Waals surface area contributed by atoms with Crippen molar-refractivity contribution < 1.29 is 22.8 Å². The van der Waals surface area contributed by atoms with Gasteiger partial charge in [-0.25, -0.2) is 8.42 Å². The van der Waals surface area contributed by atoms with Crippen LogP contribution in [0.25, 0.3) is 11.1 Å². The summed E-state index contributed by atoms with van der Waals surface area (Å²) in [4.78, 5) is 17.9. The molecule has 9 heteroatoms. The van der Waals surface area contributed by atoms with E-state index in [-0.39, 0.29) is 11.5 Å². The number of ether oxygens (including phenoxy) is 1. The average molecular weight is 478 g/mol. The Kier molecular flexibility index (Phi) is 6.14. The van der Waals surface area contributed by atoms with Crippen LogP contribution in [0.1, 0.15) is 11.1 Å². The quantitative estimate of drug-likeness (QED) is 0.431. The lowest BCUT2D eigenvalue weighted by molar-refractivity contribution is -0.120. The summed E-state index contributed by atoms with van der Waals surface area (Å²) in [6, 6.07) is 21.9. The minimum Gasteiger partial charge on any atom is -0.385 e. The van der Waals surface area contributed by atoms with Gasteiger partial charge in [0, 0.05) is 29.9 Å². The molecule has 0 radical (unpaired) electrons. The molecular weight excluding hydrogens is 454 g/mol. The molecule has 1 N–H and O–H groups in total. The maximum absolute atomic E-state index is 12.7. The molecule has 8 nitrogen and oxygen atoms in total. The van der Waals surface area contributed by atoms with Crippen LogP contribution in [-0.2, 0) is 24.4 Å². The topological polar surface area (TPSA) is 97.3 Å². The van der Waals surface area contributed by atoms with Crippen molar-refractivity contribution in [2.24, 2.45) is 5.16 Å². The van der Waals surface area contributed by atoms with E-state index in [9.17, 15) is 13.2 Å². The van der Waals surface area contributed by atoms with Crippen molar-refractivity contribution in [2.45, 2.75) is 4.90 Å². The Labute approximate surface area is 197 Å². The molecule has 3 aromatic carbocycles. The molecule has 174 valence electrons. The van der Waals surface area contributed by atoms with Crippen molar-refractivity contribution in [2.75, 3.05) is 38.2 Å². The standard InChI is InChI=1S/C25H23N3O5S/c29-24(26-18-9-11-19(12-10-18)34(30,31)28-13-15-32-16-14-28)17-33-27-25-22-7-3-1-5-20(22)21-6-2-4-8-23(21)25/h1-12H,13-17H2,(H,26,29). The highest BCUT2D eigenvalue weighted by molar-refractivity contribution is 7.89. The van der Waals surface area contributed by atoms with E-state index in [1.807, 2.05) is 48.5 Å². The summed E-state index contributed by atoms with van der Waals surface area (Å²) in [7, 11) is -3.58. The molecule has 34 heavy (non-hydrogen) atoms. The second-order valence-electron chi connectivity index (χ2n) is 7.89. The molecule has 0 bridgehead atoms. The number of sulfonamides is 1. The van der Waals surface area contributed by atoms with Crippen molar-refractivity contribution in [1.29, 1.82) is 0 Å². The highest BCUT2D eigenvalue weighted by Gasteiger charge is 2.26. The lowest BCUT2D eigenvalue weighted by Gasteiger charge is -2.26. The molecule has 2 aliphatic rings. The van der Waals surface area contributed by atoms with Gasteiger partial charge in [-0.05, 0) is 35.4 Å². The molecule has 1 fully saturated rings. The zero-order valence-corrected chi connectivity index (χ0v) is 19.1. The molecule has 5 rings (SSSR count). The van der Waals surface area contributed by atoms with Crippen LogP contribution in [0, 0.1) is 0 Å². The number of benzene rings is 3. The van der Waals surface area contributed by atoms with Crippen molar-refractivity contribution >= 4 is 27.3 Å². The SMILES string of the molecule is O=C(CON=C1c2ccccc2-c2ccccc21)Nc1ccc(S(=O)(=O)N2CCOCC2)cc1. The van der Waals surface area contributed by atoms with Crippen molar-refractivity contribution in [3.63, 3.8) is 0 Å². The van der Waals surface area contributed by atoms with Crippen LogP contribution in [0.2, 0.25) is 0 Å². The molecule has 0 spiro atoms. The number of hydrogen-bond donors (Lipinski definition) is 1. The van der Waals surface area contributed by atoms with E-state index in [0.29, 0.717) is 37.7 Å². The van der Waals surface area contributed by atoms with Gasteiger partial charge in [-0.1, -0.05) is 53.7 Å². The van der Waals surface area contributed by atoms with E-state index in [2.05, 4.69) is 10.5 Å². The smallest absolute Gasteiger partial charge is 0.265 e. The molecular formula is C25H23N3O5S. The predicted octanol–water partition coefficient (Wildman–Crippen LogP) is 3.10. The Morgan fingerprint density at radius 1 is 0.882 bits per heavy atom. The second-order valence-corrected chi connectivity index (χ2v) is 9.83. The van der Waals surface area contributed by atoms with Crippen LogP contribution in [0.15, 0.2) is 82.8 Å². The normalized spacial score (nSPS) is 15.4. The maximum Gasteiger partial charge on any atom is 0.265 e. The van der Waals surface area contributed by atoms with Crippen molar-refractivity contribution in [1.82, 2.24) is 4.31 Å². The number of oxime groups is 1. The van der Waals surface area contributed by atoms with Gasteiger partial charge in [0.2, 0.25) is 10.0 Å². The first-order valence-electron chi connectivity index (χ1n) is 10.9. The minimum atomic E-state index is -3.58. The predicted molar refractivity (Wildman–Crippen MR) is 128 cm³/mol. The van der Waals surface area contributed by atoms with Crippen molar-refractivity contribution in [3.05, 3.63) is 83.9 Å². The zero-order chi connectivity index (χ0) is 23.5. The molecule has 3 aromatic rings. The molecule has 1 aliphatic carbocycles. The first-order valence-corrected chi connectivity index (χ1v) is 12.3. The highest BCUT2D eigenvalue weighted by atomic mass is 32.2. The van der Waals surface area contributed by atoms with E-state index in [0.717, 1.165) is 22.3 Å². The van der Waals surface area contributed by atoms with Gasteiger partial charge in [-0.3, -0.25) is 4.79 Å². The largest absolute Gasteiger partial charge is 0.385 e. The van der Waals surface area contributed by atoms with Gasteiger partial charge in [-0.15, -0.1) is 0 Å². The fourth-order valence-electron chi connectivity index (χ4n) is 4.09. The third kappa shape index (κ3) is 4.33. The zero-order valence-electron chi connectivity index (χ0n) is 18.3. The summed E-state index contributed by atoms with van der Waals surface area (Å²) in [5.74, 6) is -0.396. The van der Waals surface area contributed by atoms with Gasteiger partial charge in [0.25, 0.3) is 5.91 Å². The van der Waals surface area contributed by atoms with Crippen LogP contribution < -0.4 is 5.32 Å². The van der Waals surface area contributed by atoms with Gasteiger partial charge in [0.1, 0.15) is 5.71 Å². The molecule has 0 unspecified atom stereocenters. The van der Waals surface area contributed by atoms with E-state index >= 15 is 0 Å². The second kappa shape index (κ2) is 9.38. The fraction of sp³-hybridized carbons (Fsp3) is 0.200. The van der Waals surface area contributed by atoms with Crippen LogP contribution in [0.3, 0.4) is 0 Å². The van der Waals surface area contributed by atoms with E-state index < -0.39 is 15.9 Å². The number of rotatable bonds is 6. The number of nitrogens with zero attached hydrogens (tertiary/aromatic N) is 2. The molecule has 1 heterocycles.